The largest absolute Gasteiger partial charge is 0.477 e. The van der Waals surface area contributed by atoms with Crippen molar-refractivity contribution >= 4 is 17.2 Å². The summed E-state index contributed by atoms with van der Waals surface area (Å²) in [4.78, 5) is 4.24. The minimum atomic E-state index is -4.18. The Kier molecular flexibility index (Phi) is 5.11. The number of hydrogen-bond acceptors (Lipinski definition) is 3. The van der Waals surface area contributed by atoms with Crippen LogP contribution >= 0.6 is 12.2 Å². The maximum absolute atomic E-state index is 12.0. The van der Waals surface area contributed by atoms with Crippen molar-refractivity contribution in [2.75, 3.05) is 6.61 Å². The molecular weight excluding hydrogens is 277 g/mol. The van der Waals surface area contributed by atoms with E-state index in [2.05, 4.69) is 4.98 Å². The second-order valence-electron chi connectivity index (χ2n) is 4.19. The first kappa shape index (κ1) is 15.7. The first-order chi connectivity index (χ1) is 8.70. The van der Waals surface area contributed by atoms with Crippen LogP contribution in [-0.2, 0) is 0 Å². The first-order valence-electron chi connectivity index (χ1n) is 5.68. The third-order valence-electron chi connectivity index (χ3n) is 2.40. The molecule has 1 aromatic heterocycles. The predicted molar refractivity (Wildman–Crippen MR) is 70.4 cm³/mol. The molecule has 0 amide bonds. The number of nitrogens with two attached hydrogens (primary N) is 1. The maximum Gasteiger partial charge on any atom is 0.389 e. The number of thiocarbonyl (C=S) groups is 1. The topological polar surface area (TPSA) is 48.1 Å². The van der Waals surface area contributed by atoms with Crippen LogP contribution in [0, 0.1) is 13.8 Å². The van der Waals surface area contributed by atoms with Crippen molar-refractivity contribution in [3.05, 3.63) is 22.9 Å². The van der Waals surface area contributed by atoms with Crippen molar-refractivity contribution < 1.29 is 17.9 Å². The molecular formula is C12H15F3N2OS. The van der Waals surface area contributed by atoms with E-state index in [0.717, 1.165) is 5.56 Å². The molecule has 7 heteroatoms. The summed E-state index contributed by atoms with van der Waals surface area (Å²) in [5, 5.41) is 0. The van der Waals surface area contributed by atoms with Gasteiger partial charge >= 0.3 is 6.18 Å². The summed E-state index contributed by atoms with van der Waals surface area (Å²) in [6, 6.07) is 1.79. The SMILES string of the molecule is Cc1cc(C)c(C(N)=S)c(OCCCC(F)(F)F)n1. The fourth-order valence-electron chi connectivity index (χ4n) is 1.65. The van der Waals surface area contributed by atoms with Gasteiger partial charge < -0.3 is 10.5 Å². The van der Waals surface area contributed by atoms with Crippen LogP contribution < -0.4 is 10.5 Å². The molecule has 0 radical (unpaired) electrons. The summed E-state index contributed by atoms with van der Waals surface area (Å²) < 4.78 is 41.3. The number of nitrogens with zero attached hydrogens (tertiary/aromatic N) is 1. The van der Waals surface area contributed by atoms with Gasteiger partial charge in [0.1, 0.15) is 4.99 Å². The summed E-state index contributed by atoms with van der Waals surface area (Å²) >= 11 is 4.90. The molecule has 19 heavy (non-hydrogen) atoms. The fourth-order valence-corrected chi connectivity index (χ4v) is 1.90. The highest BCUT2D eigenvalue weighted by Gasteiger charge is 2.26. The molecule has 2 N–H and O–H groups in total. The molecule has 3 nitrogen and oxygen atoms in total. The molecule has 1 heterocycles. The van der Waals surface area contributed by atoms with Gasteiger partial charge in [0.15, 0.2) is 0 Å². The number of alkyl halides is 3. The lowest BCUT2D eigenvalue weighted by atomic mass is 10.1. The van der Waals surface area contributed by atoms with Crippen LogP contribution in [0.25, 0.3) is 0 Å². The van der Waals surface area contributed by atoms with Gasteiger partial charge in [0, 0.05) is 12.1 Å². The third kappa shape index (κ3) is 5.02. The normalized spacial score (nSPS) is 11.4. The van der Waals surface area contributed by atoms with Crippen LogP contribution in [0.5, 0.6) is 5.88 Å². The van der Waals surface area contributed by atoms with Gasteiger partial charge in [0.05, 0.1) is 12.2 Å². The smallest absolute Gasteiger partial charge is 0.389 e. The van der Waals surface area contributed by atoms with Gasteiger partial charge in [0.2, 0.25) is 5.88 Å². The Morgan fingerprint density at radius 3 is 2.58 bits per heavy atom. The van der Waals surface area contributed by atoms with Crippen LogP contribution in [0.4, 0.5) is 13.2 Å². The average Bonchev–Trinajstić information content (AvgIpc) is 2.21. The van der Waals surface area contributed by atoms with E-state index in [1.54, 1.807) is 19.9 Å². The summed E-state index contributed by atoms with van der Waals surface area (Å²) in [5.74, 6) is 0.201. The van der Waals surface area contributed by atoms with Crippen molar-refractivity contribution in [1.82, 2.24) is 4.98 Å². The zero-order valence-corrected chi connectivity index (χ0v) is 11.5. The van der Waals surface area contributed by atoms with Crippen LogP contribution in [0.3, 0.4) is 0 Å². The molecule has 0 saturated carbocycles. The molecule has 0 aliphatic rings. The van der Waals surface area contributed by atoms with Gasteiger partial charge in [-0.1, -0.05) is 12.2 Å². The van der Waals surface area contributed by atoms with E-state index in [9.17, 15) is 13.2 Å². The van der Waals surface area contributed by atoms with Gasteiger partial charge in [-0.25, -0.2) is 4.98 Å². The van der Waals surface area contributed by atoms with Crippen molar-refractivity contribution in [1.29, 1.82) is 0 Å². The first-order valence-corrected chi connectivity index (χ1v) is 6.09. The number of pyridine rings is 1. The second kappa shape index (κ2) is 6.18. The summed E-state index contributed by atoms with van der Waals surface area (Å²) in [5.41, 5.74) is 7.54. The highest BCUT2D eigenvalue weighted by atomic mass is 32.1. The molecule has 106 valence electrons. The van der Waals surface area contributed by atoms with Crippen molar-refractivity contribution in [2.45, 2.75) is 32.9 Å². The zero-order chi connectivity index (χ0) is 14.6. The molecule has 0 fully saturated rings. The molecule has 0 aromatic carbocycles. The van der Waals surface area contributed by atoms with Crippen LogP contribution in [0.15, 0.2) is 6.07 Å². The zero-order valence-electron chi connectivity index (χ0n) is 10.7. The number of halogens is 3. The van der Waals surface area contributed by atoms with Gasteiger partial charge in [-0.05, 0) is 31.9 Å². The Morgan fingerprint density at radius 1 is 1.42 bits per heavy atom. The van der Waals surface area contributed by atoms with Crippen LogP contribution in [0.1, 0.15) is 29.7 Å². The fraction of sp³-hybridized carbons (Fsp3) is 0.500. The maximum atomic E-state index is 12.0. The van der Waals surface area contributed by atoms with Gasteiger partial charge in [-0.2, -0.15) is 13.2 Å². The quantitative estimate of drug-likeness (QED) is 0.669. The molecule has 1 aromatic rings. The lowest BCUT2D eigenvalue weighted by Gasteiger charge is -2.13. The molecule has 0 unspecified atom stereocenters. The monoisotopic (exact) mass is 292 g/mol. The number of aromatic nitrogens is 1. The number of aryl methyl sites for hydroxylation is 2. The second-order valence-corrected chi connectivity index (χ2v) is 4.63. The van der Waals surface area contributed by atoms with Gasteiger partial charge in [-0.3, -0.25) is 0 Å². The highest BCUT2D eigenvalue weighted by Crippen LogP contribution is 2.23. The Balaban J connectivity index is 2.75. The van der Waals surface area contributed by atoms with E-state index < -0.39 is 12.6 Å². The average molecular weight is 292 g/mol. The minimum Gasteiger partial charge on any atom is -0.477 e. The Morgan fingerprint density at radius 2 is 2.05 bits per heavy atom. The number of rotatable bonds is 5. The van der Waals surface area contributed by atoms with Gasteiger partial charge in [-0.15, -0.1) is 0 Å². The lowest BCUT2D eigenvalue weighted by molar-refractivity contribution is -0.136. The van der Waals surface area contributed by atoms with E-state index in [-0.39, 0.29) is 23.9 Å². The summed E-state index contributed by atoms with van der Waals surface area (Å²) in [6.45, 7) is 3.48. The minimum absolute atomic E-state index is 0.0784. The predicted octanol–water partition coefficient (Wildman–Crippen LogP) is 3.05. The molecule has 0 bridgehead atoms. The Bertz CT molecular complexity index is 475. The van der Waals surface area contributed by atoms with Crippen LogP contribution in [-0.4, -0.2) is 22.8 Å². The van der Waals surface area contributed by atoms with Crippen LogP contribution in [0.2, 0.25) is 0 Å². The van der Waals surface area contributed by atoms with Crippen molar-refractivity contribution in [3.8, 4) is 5.88 Å². The Hall–Kier alpha value is -1.37. The summed E-state index contributed by atoms with van der Waals surface area (Å²) in [6.07, 6.45) is -5.19. The summed E-state index contributed by atoms with van der Waals surface area (Å²) in [7, 11) is 0. The standard InChI is InChI=1S/C12H15F3N2OS/c1-7-6-8(2)17-11(9(7)10(16)19)18-5-3-4-12(13,14)15/h6H,3-5H2,1-2H3,(H2,16,19). The molecule has 0 saturated heterocycles. The van der Waals surface area contributed by atoms with Crippen molar-refractivity contribution in [2.24, 2.45) is 5.73 Å². The number of ether oxygens (including phenoxy) is 1. The molecule has 0 atom stereocenters. The number of hydrogen-bond donors (Lipinski definition) is 1. The van der Waals surface area contributed by atoms with E-state index >= 15 is 0 Å². The lowest BCUT2D eigenvalue weighted by Crippen LogP contribution is -2.16. The highest BCUT2D eigenvalue weighted by molar-refractivity contribution is 7.80. The molecule has 0 aliphatic heterocycles. The van der Waals surface area contributed by atoms with E-state index in [4.69, 9.17) is 22.7 Å². The molecule has 1 rings (SSSR count). The third-order valence-corrected chi connectivity index (χ3v) is 2.61. The molecule has 0 spiro atoms. The van der Waals surface area contributed by atoms with E-state index in [0.29, 0.717) is 11.3 Å². The van der Waals surface area contributed by atoms with Gasteiger partial charge in [0.25, 0.3) is 0 Å². The molecule has 0 aliphatic carbocycles. The van der Waals surface area contributed by atoms with Crippen molar-refractivity contribution in [3.63, 3.8) is 0 Å². The van der Waals surface area contributed by atoms with E-state index in [1.807, 2.05) is 0 Å². The Labute approximate surface area is 115 Å². The van der Waals surface area contributed by atoms with E-state index in [1.165, 1.54) is 0 Å².